The van der Waals surface area contributed by atoms with E-state index in [1.807, 2.05) is 10.8 Å². The van der Waals surface area contributed by atoms with E-state index < -0.39 is 5.97 Å². The molecule has 1 atom stereocenters. The number of carboxylic acids is 1. The van der Waals surface area contributed by atoms with Crippen LogP contribution in [0.15, 0.2) is 36.9 Å². The van der Waals surface area contributed by atoms with E-state index in [1.54, 1.807) is 25.5 Å². The maximum absolute atomic E-state index is 12.6. The molecule has 2 aromatic rings. The number of nitrogens with one attached hydrogen (secondary N) is 1. The highest BCUT2D eigenvalue weighted by Gasteiger charge is 2.27. The third-order valence-electron chi connectivity index (χ3n) is 4.02. The smallest absolute Gasteiger partial charge is 0.335 e. The standard InChI is InChI=1S/C18H23N3O3/c1-12-9-13(17(23)24)5-6-14(12)16(22)20-15(18(2,3)4)10-21-8-7-19-11-21/h5-9,11,15H,10H2,1-4H3,(H,20,22)(H,23,24). The molecule has 0 bridgehead atoms. The van der Waals surface area contributed by atoms with Crippen LogP contribution >= 0.6 is 0 Å². The lowest BCUT2D eigenvalue weighted by atomic mass is 9.86. The number of aromatic carboxylic acids is 1. The minimum atomic E-state index is -1.00. The van der Waals surface area contributed by atoms with Crippen molar-refractivity contribution in [2.75, 3.05) is 0 Å². The Labute approximate surface area is 141 Å². The van der Waals surface area contributed by atoms with Gasteiger partial charge in [-0.3, -0.25) is 4.79 Å². The number of hydrogen-bond donors (Lipinski definition) is 2. The second kappa shape index (κ2) is 6.86. The number of amides is 1. The van der Waals surface area contributed by atoms with E-state index >= 15 is 0 Å². The van der Waals surface area contributed by atoms with Gasteiger partial charge in [-0.1, -0.05) is 20.8 Å². The molecule has 0 aliphatic rings. The van der Waals surface area contributed by atoms with Crippen LogP contribution in [0.1, 0.15) is 47.1 Å². The fraction of sp³-hybridized carbons (Fsp3) is 0.389. The summed E-state index contributed by atoms with van der Waals surface area (Å²) < 4.78 is 1.93. The molecule has 2 rings (SSSR count). The van der Waals surface area contributed by atoms with Crippen molar-refractivity contribution in [3.8, 4) is 0 Å². The Morgan fingerprint density at radius 3 is 2.54 bits per heavy atom. The Morgan fingerprint density at radius 1 is 1.33 bits per heavy atom. The maximum atomic E-state index is 12.6. The van der Waals surface area contributed by atoms with Gasteiger partial charge in [0.15, 0.2) is 0 Å². The van der Waals surface area contributed by atoms with Crippen LogP contribution in [0, 0.1) is 12.3 Å². The van der Waals surface area contributed by atoms with E-state index in [4.69, 9.17) is 5.11 Å². The van der Waals surface area contributed by atoms with E-state index in [9.17, 15) is 9.59 Å². The molecule has 0 saturated heterocycles. The van der Waals surface area contributed by atoms with E-state index in [0.29, 0.717) is 17.7 Å². The van der Waals surface area contributed by atoms with Gasteiger partial charge in [-0.25, -0.2) is 9.78 Å². The first kappa shape index (κ1) is 17.7. The van der Waals surface area contributed by atoms with Crippen molar-refractivity contribution in [2.45, 2.75) is 40.3 Å². The number of rotatable bonds is 5. The number of benzene rings is 1. The molecule has 24 heavy (non-hydrogen) atoms. The summed E-state index contributed by atoms with van der Waals surface area (Å²) in [5.41, 5.74) is 1.16. The highest BCUT2D eigenvalue weighted by Crippen LogP contribution is 2.22. The van der Waals surface area contributed by atoms with Crippen LogP contribution in [0.4, 0.5) is 0 Å². The van der Waals surface area contributed by atoms with E-state index in [1.165, 1.54) is 12.1 Å². The third kappa shape index (κ3) is 4.22. The molecule has 0 fully saturated rings. The van der Waals surface area contributed by atoms with Crippen molar-refractivity contribution < 1.29 is 14.7 Å². The first-order valence-corrected chi connectivity index (χ1v) is 7.79. The van der Waals surface area contributed by atoms with Crippen LogP contribution < -0.4 is 5.32 Å². The molecular formula is C18H23N3O3. The van der Waals surface area contributed by atoms with Gasteiger partial charge in [-0.2, -0.15) is 0 Å². The summed E-state index contributed by atoms with van der Waals surface area (Å²) in [6.45, 7) is 8.55. The van der Waals surface area contributed by atoms with Crippen molar-refractivity contribution in [3.63, 3.8) is 0 Å². The zero-order valence-corrected chi connectivity index (χ0v) is 14.4. The van der Waals surface area contributed by atoms with Crippen LogP contribution in [0.5, 0.6) is 0 Å². The lowest BCUT2D eigenvalue weighted by Crippen LogP contribution is -2.46. The molecule has 0 saturated carbocycles. The van der Waals surface area contributed by atoms with E-state index in [-0.39, 0.29) is 22.9 Å². The van der Waals surface area contributed by atoms with Crippen LogP contribution in [-0.4, -0.2) is 32.6 Å². The number of aryl methyl sites for hydroxylation is 1. The average molecular weight is 329 g/mol. The summed E-state index contributed by atoms with van der Waals surface area (Å²) in [6.07, 6.45) is 5.28. The van der Waals surface area contributed by atoms with Gasteiger partial charge in [0.1, 0.15) is 0 Å². The molecule has 1 aromatic heterocycles. The lowest BCUT2D eigenvalue weighted by Gasteiger charge is -2.32. The number of nitrogens with zero attached hydrogens (tertiary/aromatic N) is 2. The Balaban J connectivity index is 2.20. The number of carbonyl (C=O) groups is 2. The van der Waals surface area contributed by atoms with Crippen molar-refractivity contribution in [1.82, 2.24) is 14.9 Å². The molecule has 0 radical (unpaired) electrons. The minimum absolute atomic E-state index is 0.0993. The summed E-state index contributed by atoms with van der Waals surface area (Å²) in [4.78, 5) is 27.7. The van der Waals surface area contributed by atoms with Gasteiger partial charge >= 0.3 is 5.97 Å². The number of carboxylic acid groups (broad SMARTS) is 1. The molecule has 1 aromatic carbocycles. The lowest BCUT2D eigenvalue weighted by molar-refractivity contribution is 0.0696. The van der Waals surface area contributed by atoms with Crippen molar-refractivity contribution in [2.24, 2.45) is 5.41 Å². The first-order chi connectivity index (χ1) is 11.2. The molecule has 0 aliphatic carbocycles. The predicted octanol–water partition coefficient (Wildman–Crippen LogP) is 2.73. The highest BCUT2D eigenvalue weighted by molar-refractivity contribution is 5.97. The highest BCUT2D eigenvalue weighted by atomic mass is 16.4. The Bertz CT molecular complexity index is 730. The van der Waals surface area contributed by atoms with Gasteiger partial charge in [0.2, 0.25) is 0 Å². The summed E-state index contributed by atoms with van der Waals surface area (Å²) >= 11 is 0. The van der Waals surface area contributed by atoms with Gasteiger partial charge in [0, 0.05) is 24.5 Å². The average Bonchev–Trinajstić information content (AvgIpc) is 2.98. The van der Waals surface area contributed by atoms with Crippen molar-refractivity contribution in [1.29, 1.82) is 0 Å². The van der Waals surface area contributed by atoms with Gasteiger partial charge in [0.25, 0.3) is 5.91 Å². The summed E-state index contributed by atoms with van der Waals surface area (Å²) in [5, 5.41) is 12.1. The second-order valence-electron chi connectivity index (χ2n) is 6.99. The fourth-order valence-electron chi connectivity index (χ4n) is 2.43. The fourth-order valence-corrected chi connectivity index (χ4v) is 2.43. The molecule has 6 heteroatoms. The maximum Gasteiger partial charge on any atom is 0.335 e. The first-order valence-electron chi connectivity index (χ1n) is 7.79. The molecule has 0 aliphatic heterocycles. The SMILES string of the molecule is Cc1cc(C(=O)O)ccc1C(=O)NC(Cn1ccnc1)C(C)(C)C. The van der Waals surface area contributed by atoms with Gasteiger partial charge in [0.05, 0.1) is 17.9 Å². The minimum Gasteiger partial charge on any atom is -0.478 e. The van der Waals surface area contributed by atoms with Gasteiger partial charge in [-0.15, -0.1) is 0 Å². The van der Waals surface area contributed by atoms with Crippen molar-refractivity contribution in [3.05, 3.63) is 53.6 Å². The quantitative estimate of drug-likeness (QED) is 0.883. The predicted molar refractivity (Wildman–Crippen MR) is 91.1 cm³/mol. The normalized spacial score (nSPS) is 12.7. The number of imidazole rings is 1. The van der Waals surface area contributed by atoms with Crippen LogP contribution in [0.25, 0.3) is 0 Å². The molecule has 6 nitrogen and oxygen atoms in total. The molecule has 2 N–H and O–H groups in total. The van der Waals surface area contributed by atoms with E-state index in [2.05, 4.69) is 31.1 Å². The monoisotopic (exact) mass is 329 g/mol. The Kier molecular flexibility index (Phi) is 5.07. The summed E-state index contributed by atoms with van der Waals surface area (Å²) in [6, 6.07) is 4.42. The topological polar surface area (TPSA) is 84.2 Å². The Morgan fingerprint density at radius 2 is 2.04 bits per heavy atom. The Hall–Kier alpha value is -2.63. The number of hydrogen-bond acceptors (Lipinski definition) is 3. The third-order valence-corrected chi connectivity index (χ3v) is 4.02. The largest absolute Gasteiger partial charge is 0.478 e. The van der Waals surface area contributed by atoms with E-state index in [0.717, 1.165) is 0 Å². The van der Waals surface area contributed by atoms with Gasteiger partial charge in [-0.05, 0) is 36.1 Å². The number of carbonyl (C=O) groups excluding carboxylic acids is 1. The molecular weight excluding hydrogens is 306 g/mol. The van der Waals surface area contributed by atoms with Crippen molar-refractivity contribution >= 4 is 11.9 Å². The van der Waals surface area contributed by atoms with Gasteiger partial charge < -0.3 is 15.0 Å². The molecule has 128 valence electrons. The van der Waals surface area contributed by atoms with Crippen LogP contribution in [-0.2, 0) is 6.54 Å². The number of aromatic nitrogens is 2. The van der Waals surface area contributed by atoms with Crippen LogP contribution in [0.3, 0.4) is 0 Å². The molecule has 0 spiro atoms. The molecule has 1 heterocycles. The summed E-state index contributed by atoms with van der Waals surface area (Å²) in [7, 11) is 0. The van der Waals surface area contributed by atoms with Crippen LogP contribution in [0.2, 0.25) is 0 Å². The zero-order chi connectivity index (χ0) is 17.9. The zero-order valence-electron chi connectivity index (χ0n) is 14.4. The molecule has 1 amide bonds. The second-order valence-corrected chi connectivity index (χ2v) is 6.99. The molecule has 1 unspecified atom stereocenters. The summed E-state index contributed by atoms with van der Waals surface area (Å²) in [5.74, 6) is -1.21.